The van der Waals surface area contributed by atoms with Gasteiger partial charge in [0, 0.05) is 23.6 Å². The third-order valence-corrected chi connectivity index (χ3v) is 4.52. The van der Waals surface area contributed by atoms with Crippen molar-refractivity contribution >= 4 is 17.5 Å². The summed E-state index contributed by atoms with van der Waals surface area (Å²) >= 11 is 6.18. The largest absolute Gasteiger partial charge is 0.493 e. The Balaban J connectivity index is 1.75. The summed E-state index contributed by atoms with van der Waals surface area (Å²) in [6, 6.07) is 10.9. The zero-order chi connectivity index (χ0) is 19.4. The van der Waals surface area contributed by atoms with Gasteiger partial charge in [-0.1, -0.05) is 23.7 Å². The molecule has 140 valence electrons. The van der Waals surface area contributed by atoms with Gasteiger partial charge >= 0.3 is 0 Å². The van der Waals surface area contributed by atoms with Gasteiger partial charge in [-0.05, 0) is 36.8 Å². The fourth-order valence-electron chi connectivity index (χ4n) is 2.76. The van der Waals surface area contributed by atoms with E-state index in [0.717, 1.165) is 11.3 Å². The van der Waals surface area contributed by atoms with Crippen LogP contribution >= 0.6 is 11.6 Å². The molecule has 0 fully saturated rings. The number of amides is 1. The van der Waals surface area contributed by atoms with Gasteiger partial charge in [0.1, 0.15) is 0 Å². The Morgan fingerprint density at radius 2 is 1.93 bits per heavy atom. The van der Waals surface area contributed by atoms with Crippen molar-refractivity contribution < 1.29 is 14.3 Å². The summed E-state index contributed by atoms with van der Waals surface area (Å²) in [5.41, 5.74) is 2.39. The number of ether oxygens (including phenoxy) is 2. The zero-order valence-corrected chi connectivity index (χ0v) is 16.0. The minimum Gasteiger partial charge on any atom is -0.493 e. The number of aromatic nitrogens is 2. The van der Waals surface area contributed by atoms with Gasteiger partial charge in [-0.2, -0.15) is 0 Å². The van der Waals surface area contributed by atoms with Crippen LogP contribution in [0.5, 0.6) is 11.5 Å². The van der Waals surface area contributed by atoms with E-state index in [2.05, 4.69) is 10.3 Å². The molecule has 1 atom stereocenters. The van der Waals surface area contributed by atoms with Crippen LogP contribution in [-0.4, -0.2) is 29.7 Å². The van der Waals surface area contributed by atoms with Crippen LogP contribution in [0.15, 0.2) is 55.1 Å². The lowest BCUT2D eigenvalue weighted by molar-refractivity contribution is 0.0939. The first kappa shape index (κ1) is 18.8. The van der Waals surface area contributed by atoms with Crippen LogP contribution in [0.25, 0.3) is 5.69 Å². The van der Waals surface area contributed by atoms with Gasteiger partial charge < -0.3 is 19.4 Å². The topological polar surface area (TPSA) is 65.4 Å². The van der Waals surface area contributed by atoms with Crippen LogP contribution in [0.2, 0.25) is 5.02 Å². The SMILES string of the molecule is COc1cc(C(=O)N[C@H](C)c2ccc(-n3ccnc3)cc2)cc(Cl)c1OC. The first-order valence-corrected chi connectivity index (χ1v) is 8.72. The highest BCUT2D eigenvalue weighted by Crippen LogP contribution is 2.36. The molecule has 0 saturated heterocycles. The summed E-state index contributed by atoms with van der Waals surface area (Å²) in [6.45, 7) is 1.92. The van der Waals surface area contributed by atoms with Gasteiger partial charge in [0.2, 0.25) is 0 Å². The molecule has 0 unspecified atom stereocenters. The van der Waals surface area contributed by atoms with Crippen LogP contribution in [-0.2, 0) is 0 Å². The molecule has 6 nitrogen and oxygen atoms in total. The third-order valence-electron chi connectivity index (χ3n) is 4.24. The molecular weight excluding hydrogens is 366 g/mol. The highest BCUT2D eigenvalue weighted by Gasteiger charge is 2.17. The molecule has 0 radical (unpaired) electrons. The highest BCUT2D eigenvalue weighted by molar-refractivity contribution is 6.32. The van der Waals surface area contributed by atoms with E-state index in [9.17, 15) is 4.79 Å². The van der Waals surface area contributed by atoms with Gasteiger partial charge in [0.05, 0.1) is 31.6 Å². The number of hydrogen-bond acceptors (Lipinski definition) is 4. The zero-order valence-electron chi connectivity index (χ0n) is 15.3. The smallest absolute Gasteiger partial charge is 0.251 e. The Kier molecular flexibility index (Phi) is 5.66. The Bertz CT molecular complexity index is 924. The maximum Gasteiger partial charge on any atom is 0.251 e. The molecule has 7 heteroatoms. The fourth-order valence-corrected chi connectivity index (χ4v) is 3.05. The summed E-state index contributed by atoms with van der Waals surface area (Å²) in [5.74, 6) is 0.565. The Morgan fingerprint density at radius 3 is 2.52 bits per heavy atom. The molecule has 3 aromatic rings. The summed E-state index contributed by atoms with van der Waals surface area (Å²) in [5, 5.41) is 3.29. The molecule has 1 amide bonds. The molecule has 1 heterocycles. The van der Waals surface area contributed by atoms with Crippen molar-refractivity contribution in [1.82, 2.24) is 14.9 Å². The van der Waals surface area contributed by atoms with Gasteiger partial charge in [0.25, 0.3) is 5.91 Å². The second-order valence-electron chi connectivity index (χ2n) is 5.95. The number of hydrogen-bond donors (Lipinski definition) is 1. The number of nitrogens with zero attached hydrogens (tertiary/aromatic N) is 2. The van der Waals surface area contributed by atoms with E-state index < -0.39 is 0 Å². The monoisotopic (exact) mass is 385 g/mol. The first-order valence-electron chi connectivity index (χ1n) is 8.34. The van der Waals surface area contributed by atoms with Crippen molar-refractivity contribution in [3.8, 4) is 17.2 Å². The predicted molar refractivity (Wildman–Crippen MR) is 104 cm³/mol. The molecule has 0 aliphatic heterocycles. The molecule has 0 aliphatic carbocycles. The second-order valence-corrected chi connectivity index (χ2v) is 6.36. The van der Waals surface area contributed by atoms with E-state index in [0.29, 0.717) is 22.1 Å². The lowest BCUT2D eigenvalue weighted by Gasteiger charge is -2.16. The average molecular weight is 386 g/mol. The van der Waals surface area contributed by atoms with Crippen LogP contribution in [0.1, 0.15) is 28.9 Å². The number of carbonyl (C=O) groups is 1. The Hall–Kier alpha value is -2.99. The van der Waals surface area contributed by atoms with E-state index in [1.54, 1.807) is 24.7 Å². The first-order chi connectivity index (χ1) is 13.0. The van der Waals surface area contributed by atoms with Gasteiger partial charge in [-0.15, -0.1) is 0 Å². The lowest BCUT2D eigenvalue weighted by Crippen LogP contribution is -2.26. The summed E-state index contributed by atoms with van der Waals surface area (Å²) in [7, 11) is 3.00. The predicted octanol–water partition coefficient (Wildman–Crippen LogP) is 4.03. The Labute approximate surface area is 162 Å². The van der Waals surface area contributed by atoms with Gasteiger partial charge in [-0.3, -0.25) is 4.79 Å². The normalized spacial score (nSPS) is 11.7. The number of halogens is 1. The molecule has 0 saturated carbocycles. The molecule has 0 aliphatic rings. The Morgan fingerprint density at radius 1 is 1.19 bits per heavy atom. The number of imidazole rings is 1. The summed E-state index contributed by atoms with van der Waals surface area (Å²) in [6.07, 6.45) is 5.34. The molecule has 27 heavy (non-hydrogen) atoms. The maximum absolute atomic E-state index is 12.6. The number of rotatable bonds is 6. The van der Waals surface area contributed by atoms with Crippen molar-refractivity contribution in [3.05, 3.63) is 71.3 Å². The minimum absolute atomic E-state index is 0.179. The number of methoxy groups -OCH3 is 2. The van der Waals surface area contributed by atoms with E-state index in [-0.39, 0.29) is 11.9 Å². The van der Waals surface area contributed by atoms with Crippen molar-refractivity contribution in [2.24, 2.45) is 0 Å². The van der Waals surface area contributed by atoms with Crippen molar-refractivity contribution in [1.29, 1.82) is 0 Å². The minimum atomic E-state index is -0.246. The number of carbonyl (C=O) groups excluding carboxylic acids is 1. The van der Waals surface area contributed by atoms with E-state index in [4.69, 9.17) is 21.1 Å². The molecule has 1 N–H and O–H groups in total. The average Bonchev–Trinajstić information content (AvgIpc) is 3.22. The highest BCUT2D eigenvalue weighted by atomic mass is 35.5. The van der Waals surface area contributed by atoms with Gasteiger partial charge in [0.15, 0.2) is 11.5 Å². The number of nitrogens with one attached hydrogen (secondary N) is 1. The molecule has 3 rings (SSSR count). The molecular formula is C20H20ClN3O3. The fraction of sp³-hybridized carbons (Fsp3) is 0.200. The lowest BCUT2D eigenvalue weighted by atomic mass is 10.1. The summed E-state index contributed by atoms with van der Waals surface area (Å²) < 4.78 is 12.4. The number of benzene rings is 2. The third kappa shape index (κ3) is 4.06. The van der Waals surface area contributed by atoms with Crippen molar-refractivity contribution in [3.63, 3.8) is 0 Å². The van der Waals surface area contributed by atoms with Crippen molar-refractivity contribution in [2.75, 3.05) is 14.2 Å². The van der Waals surface area contributed by atoms with Crippen LogP contribution in [0, 0.1) is 0 Å². The second kappa shape index (κ2) is 8.14. The summed E-state index contributed by atoms with van der Waals surface area (Å²) in [4.78, 5) is 16.7. The van der Waals surface area contributed by atoms with E-state index in [1.165, 1.54) is 14.2 Å². The van der Waals surface area contributed by atoms with E-state index >= 15 is 0 Å². The molecule has 2 aromatic carbocycles. The molecule has 1 aromatic heterocycles. The maximum atomic E-state index is 12.6. The van der Waals surface area contributed by atoms with Gasteiger partial charge in [-0.25, -0.2) is 4.98 Å². The van der Waals surface area contributed by atoms with Crippen LogP contribution in [0.3, 0.4) is 0 Å². The van der Waals surface area contributed by atoms with Crippen LogP contribution < -0.4 is 14.8 Å². The van der Waals surface area contributed by atoms with Crippen molar-refractivity contribution in [2.45, 2.75) is 13.0 Å². The van der Waals surface area contributed by atoms with E-state index in [1.807, 2.05) is 42.0 Å². The quantitative estimate of drug-likeness (QED) is 0.695. The standard InChI is InChI=1S/C20H20ClN3O3/c1-13(14-4-6-16(7-5-14)24-9-8-22-12-24)23-20(25)15-10-17(21)19(27-3)18(11-15)26-2/h4-13H,1-3H3,(H,23,25)/t13-/m1/s1. The molecule has 0 spiro atoms. The molecule has 0 bridgehead atoms. The van der Waals surface area contributed by atoms with Crippen LogP contribution in [0.4, 0.5) is 0 Å².